The summed E-state index contributed by atoms with van der Waals surface area (Å²) in [5.74, 6) is 0.671. The maximum Gasteiger partial charge on any atom is 0.0600 e. The first-order chi connectivity index (χ1) is 9.03. The summed E-state index contributed by atoms with van der Waals surface area (Å²) in [6, 6.07) is 2.05. The summed E-state index contributed by atoms with van der Waals surface area (Å²) in [5, 5.41) is 14.9. The summed E-state index contributed by atoms with van der Waals surface area (Å²) in [4.78, 5) is 0. The molecule has 3 nitrogen and oxygen atoms in total. The number of aliphatic hydroxyl groups is 1. The van der Waals surface area contributed by atoms with E-state index >= 15 is 0 Å². The lowest BCUT2D eigenvalue weighted by molar-refractivity contribution is 0.00705. The van der Waals surface area contributed by atoms with Crippen molar-refractivity contribution < 1.29 is 5.11 Å². The second-order valence-electron chi connectivity index (χ2n) is 6.67. The van der Waals surface area contributed by atoms with Gasteiger partial charge in [0.15, 0.2) is 0 Å². The Kier molecular flexibility index (Phi) is 4.67. The first-order valence-corrected chi connectivity index (χ1v) is 7.68. The maximum absolute atomic E-state index is 10.7. The molecule has 0 amide bonds. The highest BCUT2D eigenvalue weighted by atomic mass is 16.3. The van der Waals surface area contributed by atoms with Gasteiger partial charge in [-0.15, -0.1) is 0 Å². The molecule has 2 rings (SSSR count). The number of aliphatic hydroxyl groups excluding tert-OH is 1. The quantitative estimate of drug-likeness (QED) is 0.856. The molecule has 1 aliphatic rings. The SMILES string of the molecule is CC(C)CC1(C(O)CCc2ccnn2C)CCCC1. The zero-order valence-electron chi connectivity index (χ0n) is 12.6. The normalized spacial score (nSPS) is 20.1. The molecule has 1 unspecified atom stereocenters. The molecule has 1 fully saturated rings. The lowest BCUT2D eigenvalue weighted by atomic mass is 9.72. The van der Waals surface area contributed by atoms with Gasteiger partial charge in [-0.3, -0.25) is 4.68 Å². The van der Waals surface area contributed by atoms with Gasteiger partial charge >= 0.3 is 0 Å². The second kappa shape index (κ2) is 6.08. The van der Waals surface area contributed by atoms with Crippen molar-refractivity contribution in [2.24, 2.45) is 18.4 Å². The van der Waals surface area contributed by atoms with Crippen LogP contribution in [0, 0.1) is 11.3 Å². The Balaban J connectivity index is 1.96. The van der Waals surface area contributed by atoms with Crippen LogP contribution in [0.25, 0.3) is 0 Å². The molecule has 0 saturated heterocycles. The van der Waals surface area contributed by atoms with Gasteiger partial charge in [-0.25, -0.2) is 0 Å². The summed E-state index contributed by atoms with van der Waals surface area (Å²) in [7, 11) is 1.97. The van der Waals surface area contributed by atoms with E-state index in [1.165, 1.54) is 37.8 Å². The molecule has 19 heavy (non-hydrogen) atoms. The van der Waals surface area contributed by atoms with Crippen LogP contribution in [-0.4, -0.2) is 21.0 Å². The van der Waals surface area contributed by atoms with E-state index in [2.05, 4.69) is 25.0 Å². The van der Waals surface area contributed by atoms with Crippen molar-refractivity contribution in [3.05, 3.63) is 18.0 Å². The molecule has 0 spiro atoms. The van der Waals surface area contributed by atoms with Gasteiger partial charge in [0.2, 0.25) is 0 Å². The standard InChI is InChI=1S/C16H28N2O/c1-13(2)12-16(9-4-5-10-16)15(19)7-6-14-8-11-17-18(14)3/h8,11,13,15,19H,4-7,9-10,12H2,1-3H3. The fourth-order valence-electron chi connectivity index (χ4n) is 3.80. The molecule has 108 valence electrons. The fraction of sp³-hybridized carbons (Fsp3) is 0.812. The van der Waals surface area contributed by atoms with Gasteiger partial charge in [0, 0.05) is 18.9 Å². The predicted octanol–water partition coefficient (Wildman–Crippen LogP) is 3.32. The van der Waals surface area contributed by atoms with Gasteiger partial charge in [-0.05, 0) is 49.5 Å². The van der Waals surface area contributed by atoms with Crippen molar-refractivity contribution in [3.8, 4) is 0 Å². The van der Waals surface area contributed by atoms with Crippen molar-refractivity contribution in [1.29, 1.82) is 0 Å². The van der Waals surface area contributed by atoms with Gasteiger partial charge in [0.1, 0.15) is 0 Å². The van der Waals surface area contributed by atoms with Crippen molar-refractivity contribution >= 4 is 0 Å². The van der Waals surface area contributed by atoms with Gasteiger partial charge in [0.25, 0.3) is 0 Å². The zero-order chi connectivity index (χ0) is 13.9. The van der Waals surface area contributed by atoms with Crippen LogP contribution in [0.2, 0.25) is 0 Å². The monoisotopic (exact) mass is 264 g/mol. The summed E-state index contributed by atoms with van der Waals surface area (Å²) in [5.41, 5.74) is 1.41. The van der Waals surface area contributed by atoms with E-state index in [1.54, 1.807) is 0 Å². The van der Waals surface area contributed by atoms with E-state index < -0.39 is 0 Å². The molecule has 0 radical (unpaired) electrons. The van der Waals surface area contributed by atoms with Crippen LogP contribution >= 0.6 is 0 Å². The lowest BCUT2D eigenvalue weighted by Crippen LogP contribution is -2.34. The molecule has 1 saturated carbocycles. The molecular formula is C16H28N2O. The summed E-state index contributed by atoms with van der Waals surface area (Å²) in [6.07, 6.45) is 9.62. The smallest absolute Gasteiger partial charge is 0.0600 e. The molecule has 3 heteroatoms. The molecule has 1 aromatic rings. The first-order valence-electron chi connectivity index (χ1n) is 7.68. The first kappa shape index (κ1) is 14.6. The molecule has 1 N–H and O–H groups in total. The topological polar surface area (TPSA) is 38.1 Å². The Hall–Kier alpha value is -0.830. The number of aryl methyl sites for hydroxylation is 2. The van der Waals surface area contributed by atoms with Crippen LogP contribution in [0.1, 0.15) is 58.1 Å². The van der Waals surface area contributed by atoms with Gasteiger partial charge in [-0.2, -0.15) is 5.10 Å². The van der Waals surface area contributed by atoms with Gasteiger partial charge in [0.05, 0.1) is 6.10 Å². The fourth-order valence-corrected chi connectivity index (χ4v) is 3.80. The average Bonchev–Trinajstić information content (AvgIpc) is 2.96. The average molecular weight is 264 g/mol. The third-order valence-electron chi connectivity index (χ3n) is 4.72. The van der Waals surface area contributed by atoms with Crippen LogP contribution < -0.4 is 0 Å². The zero-order valence-corrected chi connectivity index (χ0v) is 12.6. The van der Waals surface area contributed by atoms with E-state index in [0.29, 0.717) is 5.92 Å². The Morgan fingerprint density at radius 3 is 2.58 bits per heavy atom. The lowest BCUT2D eigenvalue weighted by Gasteiger charge is -2.36. The Morgan fingerprint density at radius 1 is 1.37 bits per heavy atom. The molecule has 1 atom stereocenters. The molecule has 0 bridgehead atoms. The third-order valence-corrected chi connectivity index (χ3v) is 4.72. The summed E-state index contributed by atoms with van der Waals surface area (Å²) >= 11 is 0. The molecule has 1 aromatic heterocycles. The minimum absolute atomic E-state index is 0.160. The number of aromatic nitrogens is 2. The summed E-state index contributed by atoms with van der Waals surface area (Å²) < 4.78 is 1.91. The largest absolute Gasteiger partial charge is 0.393 e. The molecule has 1 heterocycles. The van der Waals surface area contributed by atoms with Crippen molar-refractivity contribution in [2.75, 3.05) is 0 Å². The predicted molar refractivity (Wildman–Crippen MR) is 77.9 cm³/mol. The van der Waals surface area contributed by atoms with Crippen LogP contribution in [-0.2, 0) is 13.5 Å². The van der Waals surface area contributed by atoms with Crippen LogP contribution in [0.15, 0.2) is 12.3 Å². The van der Waals surface area contributed by atoms with Crippen molar-refractivity contribution in [3.63, 3.8) is 0 Å². The van der Waals surface area contributed by atoms with E-state index in [1.807, 2.05) is 17.9 Å². The molecule has 1 aliphatic carbocycles. The number of nitrogens with zero attached hydrogens (tertiary/aromatic N) is 2. The molecule has 0 aliphatic heterocycles. The third kappa shape index (κ3) is 3.38. The Labute approximate surface area is 117 Å². The number of rotatable bonds is 6. The maximum atomic E-state index is 10.7. The minimum Gasteiger partial charge on any atom is -0.393 e. The molecule has 0 aromatic carbocycles. The highest BCUT2D eigenvalue weighted by Gasteiger charge is 2.40. The van der Waals surface area contributed by atoms with Gasteiger partial charge in [-0.1, -0.05) is 26.7 Å². The molecular weight excluding hydrogens is 236 g/mol. The van der Waals surface area contributed by atoms with E-state index in [9.17, 15) is 5.11 Å². The van der Waals surface area contributed by atoms with Crippen LogP contribution in [0.5, 0.6) is 0 Å². The van der Waals surface area contributed by atoms with Crippen LogP contribution in [0.4, 0.5) is 0 Å². The van der Waals surface area contributed by atoms with E-state index in [0.717, 1.165) is 12.8 Å². The van der Waals surface area contributed by atoms with Crippen molar-refractivity contribution in [1.82, 2.24) is 9.78 Å². The Morgan fingerprint density at radius 2 is 2.05 bits per heavy atom. The summed E-state index contributed by atoms with van der Waals surface area (Å²) in [6.45, 7) is 4.54. The Bertz CT molecular complexity index is 391. The minimum atomic E-state index is -0.160. The second-order valence-corrected chi connectivity index (χ2v) is 6.67. The highest BCUT2D eigenvalue weighted by molar-refractivity contribution is 5.01. The van der Waals surface area contributed by atoms with Crippen molar-refractivity contribution in [2.45, 2.75) is 64.9 Å². The van der Waals surface area contributed by atoms with Crippen LogP contribution in [0.3, 0.4) is 0 Å². The van der Waals surface area contributed by atoms with E-state index in [-0.39, 0.29) is 11.5 Å². The number of hydrogen-bond donors (Lipinski definition) is 1. The van der Waals surface area contributed by atoms with E-state index in [4.69, 9.17) is 0 Å². The number of hydrogen-bond acceptors (Lipinski definition) is 2. The van der Waals surface area contributed by atoms with Gasteiger partial charge < -0.3 is 5.11 Å². The highest BCUT2D eigenvalue weighted by Crippen LogP contribution is 2.47.